The summed E-state index contributed by atoms with van der Waals surface area (Å²) >= 11 is 1.46. The average Bonchev–Trinajstić information content (AvgIpc) is 2.71. The second-order valence-corrected chi connectivity index (χ2v) is 4.84. The molecule has 18 heavy (non-hydrogen) atoms. The maximum atomic E-state index is 13.1. The third kappa shape index (κ3) is 2.84. The first kappa shape index (κ1) is 12.5. The van der Waals surface area contributed by atoms with Crippen molar-refractivity contribution < 1.29 is 14.3 Å². The highest BCUT2D eigenvalue weighted by Gasteiger charge is 2.11. The van der Waals surface area contributed by atoms with Crippen molar-refractivity contribution >= 4 is 29.0 Å². The Morgan fingerprint density at radius 1 is 1.39 bits per heavy atom. The van der Waals surface area contributed by atoms with E-state index in [9.17, 15) is 14.3 Å². The molecule has 2 aromatic rings. The topological polar surface area (TPSA) is 37.3 Å². The van der Waals surface area contributed by atoms with Crippen LogP contribution in [0.1, 0.15) is 16.0 Å². The van der Waals surface area contributed by atoms with Crippen molar-refractivity contribution in [3.8, 4) is 0 Å². The molecule has 2 rings (SSSR count). The van der Waals surface area contributed by atoms with Crippen molar-refractivity contribution in [1.29, 1.82) is 0 Å². The molecule has 4 heteroatoms. The van der Waals surface area contributed by atoms with Crippen molar-refractivity contribution in [2.75, 3.05) is 0 Å². The Kier molecular flexibility index (Phi) is 3.58. The van der Waals surface area contributed by atoms with Crippen LogP contribution in [0.2, 0.25) is 0 Å². The highest BCUT2D eigenvalue weighted by Crippen LogP contribution is 2.23. The molecule has 0 amide bonds. The van der Waals surface area contributed by atoms with Crippen LogP contribution in [0.25, 0.3) is 11.6 Å². The molecule has 0 fully saturated rings. The fourth-order valence-corrected chi connectivity index (χ4v) is 2.43. The van der Waals surface area contributed by atoms with Gasteiger partial charge in [0.1, 0.15) is 5.82 Å². The van der Waals surface area contributed by atoms with Crippen LogP contribution in [-0.2, 0) is 4.79 Å². The molecule has 1 aromatic carbocycles. The monoisotopic (exact) mass is 262 g/mol. The van der Waals surface area contributed by atoms with Gasteiger partial charge in [-0.05, 0) is 47.7 Å². The van der Waals surface area contributed by atoms with E-state index in [1.165, 1.54) is 29.5 Å². The van der Waals surface area contributed by atoms with E-state index in [0.717, 1.165) is 10.4 Å². The van der Waals surface area contributed by atoms with Gasteiger partial charge >= 0.3 is 5.97 Å². The first-order chi connectivity index (χ1) is 8.56. The SMILES string of the molecule is Cc1csc(C=C(C(=O)O)c2cccc(F)c2)c1. The molecule has 0 unspecified atom stereocenters. The zero-order valence-corrected chi connectivity index (χ0v) is 10.5. The fourth-order valence-electron chi connectivity index (χ4n) is 1.60. The van der Waals surface area contributed by atoms with Crippen molar-refractivity contribution in [3.05, 3.63) is 57.5 Å². The molecule has 0 saturated carbocycles. The van der Waals surface area contributed by atoms with Gasteiger partial charge in [0.2, 0.25) is 0 Å². The van der Waals surface area contributed by atoms with Gasteiger partial charge in [0.15, 0.2) is 0 Å². The summed E-state index contributed by atoms with van der Waals surface area (Å²) in [6, 6.07) is 7.50. The number of halogens is 1. The fraction of sp³-hybridized carbons (Fsp3) is 0.0714. The molecule has 0 saturated heterocycles. The third-order valence-corrected chi connectivity index (χ3v) is 3.40. The van der Waals surface area contributed by atoms with Crippen LogP contribution in [0.4, 0.5) is 4.39 Å². The molecule has 1 heterocycles. The summed E-state index contributed by atoms with van der Waals surface area (Å²) in [4.78, 5) is 12.1. The molecule has 92 valence electrons. The van der Waals surface area contributed by atoms with Gasteiger partial charge in [-0.2, -0.15) is 0 Å². The Labute approximate surface area is 108 Å². The van der Waals surface area contributed by atoms with Gasteiger partial charge < -0.3 is 5.11 Å². The van der Waals surface area contributed by atoms with Crippen molar-refractivity contribution in [1.82, 2.24) is 0 Å². The van der Waals surface area contributed by atoms with Crippen LogP contribution in [0.3, 0.4) is 0 Å². The number of aryl methyl sites for hydroxylation is 1. The summed E-state index contributed by atoms with van der Waals surface area (Å²) in [6.45, 7) is 1.94. The smallest absolute Gasteiger partial charge is 0.336 e. The van der Waals surface area contributed by atoms with Crippen molar-refractivity contribution in [2.24, 2.45) is 0 Å². The van der Waals surface area contributed by atoms with Crippen LogP contribution >= 0.6 is 11.3 Å². The van der Waals surface area contributed by atoms with E-state index in [1.54, 1.807) is 12.1 Å². The maximum absolute atomic E-state index is 13.1. The van der Waals surface area contributed by atoms with E-state index in [4.69, 9.17) is 0 Å². The third-order valence-electron chi connectivity index (χ3n) is 2.40. The van der Waals surface area contributed by atoms with E-state index >= 15 is 0 Å². The summed E-state index contributed by atoms with van der Waals surface area (Å²) in [5.74, 6) is -1.51. The van der Waals surface area contributed by atoms with Crippen LogP contribution in [0.5, 0.6) is 0 Å². The number of rotatable bonds is 3. The zero-order valence-electron chi connectivity index (χ0n) is 9.68. The largest absolute Gasteiger partial charge is 0.478 e. The average molecular weight is 262 g/mol. The molecule has 0 atom stereocenters. The molecule has 0 radical (unpaired) electrons. The van der Waals surface area contributed by atoms with E-state index in [1.807, 2.05) is 18.4 Å². The van der Waals surface area contributed by atoms with Crippen molar-refractivity contribution in [2.45, 2.75) is 6.92 Å². The molecular formula is C14H11FO2S. The van der Waals surface area contributed by atoms with E-state index in [0.29, 0.717) is 5.56 Å². The number of aliphatic carboxylic acids is 1. The van der Waals surface area contributed by atoms with E-state index in [2.05, 4.69) is 0 Å². The number of hydrogen-bond donors (Lipinski definition) is 1. The molecular weight excluding hydrogens is 251 g/mol. The van der Waals surface area contributed by atoms with Gasteiger partial charge in [-0.15, -0.1) is 11.3 Å². The minimum Gasteiger partial charge on any atom is -0.478 e. The summed E-state index contributed by atoms with van der Waals surface area (Å²) in [7, 11) is 0. The lowest BCUT2D eigenvalue weighted by molar-refractivity contribution is -0.130. The van der Waals surface area contributed by atoms with Crippen LogP contribution in [0, 0.1) is 12.7 Å². The predicted octanol–water partition coefficient (Wildman–Crippen LogP) is 3.82. The normalized spacial score (nSPS) is 11.6. The van der Waals surface area contributed by atoms with E-state index < -0.39 is 11.8 Å². The molecule has 0 aliphatic carbocycles. The molecule has 0 aliphatic rings. The molecule has 1 aromatic heterocycles. The first-order valence-electron chi connectivity index (χ1n) is 5.32. The summed E-state index contributed by atoms with van der Waals surface area (Å²) in [5, 5.41) is 11.1. The molecule has 0 aliphatic heterocycles. The standard InChI is InChI=1S/C14H11FO2S/c1-9-5-12(18-8-9)7-13(14(16)17)10-3-2-4-11(15)6-10/h2-8H,1H3,(H,16,17). The minimum atomic E-state index is -1.06. The first-order valence-corrected chi connectivity index (χ1v) is 6.20. The lowest BCUT2D eigenvalue weighted by atomic mass is 10.1. The van der Waals surface area contributed by atoms with Gasteiger partial charge in [0.05, 0.1) is 5.57 Å². The van der Waals surface area contributed by atoms with Crippen molar-refractivity contribution in [3.63, 3.8) is 0 Å². The summed E-state index contributed by atoms with van der Waals surface area (Å²) in [6.07, 6.45) is 1.56. The van der Waals surface area contributed by atoms with Gasteiger partial charge in [-0.25, -0.2) is 9.18 Å². The Morgan fingerprint density at radius 2 is 2.17 bits per heavy atom. The number of benzene rings is 1. The van der Waals surface area contributed by atoms with Gasteiger partial charge in [-0.1, -0.05) is 12.1 Å². The van der Waals surface area contributed by atoms with Gasteiger partial charge in [-0.3, -0.25) is 0 Å². The Morgan fingerprint density at radius 3 is 2.72 bits per heavy atom. The number of hydrogen-bond acceptors (Lipinski definition) is 2. The quantitative estimate of drug-likeness (QED) is 0.854. The Bertz CT molecular complexity index is 614. The highest BCUT2D eigenvalue weighted by molar-refractivity contribution is 7.11. The van der Waals surface area contributed by atoms with Gasteiger partial charge in [0.25, 0.3) is 0 Å². The summed E-state index contributed by atoms with van der Waals surface area (Å²) < 4.78 is 13.1. The molecule has 0 bridgehead atoms. The Balaban J connectivity index is 2.46. The van der Waals surface area contributed by atoms with Gasteiger partial charge in [0, 0.05) is 4.88 Å². The van der Waals surface area contributed by atoms with E-state index in [-0.39, 0.29) is 5.57 Å². The second-order valence-electron chi connectivity index (χ2n) is 3.90. The number of carboxylic acids is 1. The lowest BCUT2D eigenvalue weighted by Gasteiger charge is -2.02. The number of carbonyl (C=O) groups is 1. The van der Waals surface area contributed by atoms with Crippen LogP contribution in [-0.4, -0.2) is 11.1 Å². The lowest BCUT2D eigenvalue weighted by Crippen LogP contribution is -1.99. The van der Waals surface area contributed by atoms with Crippen LogP contribution < -0.4 is 0 Å². The predicted molar refractivity (Wildman–Crippen MR) is 71.0 cm³/mol. The number of thiophene rings is 1. The molecule has 0 spiro atoms. The minimum absolute atomic E-state index is 0.0938. The van der Waals surface area contributed by atoms with Crippen LogP contribution in [0.15, 0.2) is 35.7 Å². The zero-order chi connectivity index (χ0) is 13.1. The highest BCUT2D eigenvalue weighted by atomic mass is 32.1. The molecule has 2 nitrogen and oxygen atoms in total. The summed E-state index contributed by atoms with van der Waals surface area (Å²) in [5.41, 5.74) is 1.54. The number of carboxylic acid groups (broad SMARTS) is 1. The molecule has 1 N–H and O–H groups in total. The maximum Gasteiger partial charge on any atom is 0.336 e. The Hall–Kier alpha value is -1.94. The second kappa shape index (κ2) is 5.14.